The summed E-state index contributed by atoms with van der Waals surface area (Å²) >= 11 is 5.57. The molecule has 0 aliphatic heterocycles. The highest BCUT2D eigenvalue weighted by molar-refractivity contribution is 6.20. The zero-order chi connectivity index (χ0) is 8.10. The van der Waals surface area contributed by atoms with Crippen molar-refractivity contribution in [1.29, 1.82) is 0 Å². The van der Waals surface area contributed by atoms with Crippen LogP contribution >= 0.6 is 11.6 Å². The topological polar surface area (TPSA) is 55.0 Å². The van der Waals surface area contributed by atoms with Gasteiger partial charge in [-0.2, -0.15) is 5.10 Å². The molecule has 1 rings (SSSR count). The summed E-state index contributed by atoms with van der Waals surface area (Å²) in [6.07, 6.45) is 2.10. The third kappa shape index (κ3) is 2.59. The van der Waals surface area contributed by atoms with E-state index in [0.717, 1.165) is 5.69 Å². The number of nitrogens with one attached hydrogen (secondary N) is 1. The minimum absolute atomic E-state index is 0.324. The molecule has 0 saturated carbocycles. The second-order valence-electron chi connectivity index (χ2n) is 1.91. The van der Waals surface area contributed by atoms with Gasteiger partial charge >= 0.3 is 0 Å². The first-order chi connectivity index (χ1) is 5.33. The van der Waals surface area contributed by atoms with E-state index in [1.54, 1.807) is 12.3 Å². The molecule has 1 unspecified atom stereocenters. The first-order valence-electron chi connectivity index (χ1n) is 3.05. The summed E-state index contributed by atoms with van der Waals surface area (Å²) in [7, 11) is 0. The van der Waals surface area contributed by atoms with Crippen molar-refractivity contribution in [3.8, 4) is 0 Å². The maximum atomic E-state index is 9.81. The number of ether oxygens (including phenoxy) is 1. The molecule has 0 amide bonds. The van der Waals surface area contributed by atoms with Crippen LogP contribution < -0.4 is 0 Å². The lowest BCUT2D eigenvalue weighted by Crippen LogP contribution is -2.07. The molecule has 11 heavy (non-hydrogen) atoms. The molecule has 60 valence electrons. The highest BCUT2D eigenvalue weighted by Crippen LogP contribution is 2.04. The molecule has 0 fully saturated rings. The van der Waals surface area contributed by atoms with Crippen LogP contribution in [0.4, 0.5) is 0 Å². The fraction of sp³-hybridized carbons (Fsp3) is 0.333. The molecule has 0 bridgehead atoms. The van der Waals surface area contributed by atoms with Crippen LogP contribution in [0.15, 0.2) is 12.3 Å². The summed E-state index contributed by atoms with van der Waals surface area (Å²) < 4.78 is 4.45. The van der Waals surface area contributed by atoms with Gasteiger partial charge in [0.1, 0.15) is 0 Å². The van der Waals surface area contributed by atoms with Gasteiger partial charge in [0.25, 0.3) is 6.47 Å². The van der Waals surface area contributed by atoms with Crippen molar-refractivity contribution in [2.24, 2.45) is 0 Å². The predicted molar refractivity (Wildman–Crippen MR) is 39.1 cm³/mol. The van der Waals surface area contributed by atoms with Crippen molar-refractivity contribution >= 4 is 18.1 Å². The summed E-state index contributed by atoms with van der Waals surface area (Å²) in [6, 6.07) is 1.77. The van der Waals surface area contributed by atoms with E-state index >= 15 is 0 Å². The van der Waals surface area contributed by atoms with Gasteiger partial charge in [0, 0.05) is 12.6 Å². The van der Waals surface area contributed by atoms with E-state index in [1.807, 2.05) is 0 Å². The Bertz CT molecular complexity index is 212. The van der Waals surface area contributed by atoms with E-state index in [0.29, 0.717) is 12.9 Å². The van der Waals surface area contributed by atoms with Gasteiger partial charge in [0.15, 0.2) is 5.56 Å². The number of carbonyl (C=O) groups excluding carboxylic acids is 1. The monoisotopic (exact) mass is 174 g/mol. The number of halogens is 1. The van der Waals surface area contributed by atoms with Crippen molar-refractivity contribution in [2.45, 2.75) is 12.0 Å². The van der Waals surface area contributed by atoms with Crippen molar-refractivity contribution in [3.05, 3.63) is 18.0 Å². The molecule has 0 radical (unpaired) electrons. The number of hydrogen-bond donors (Lipinski definition) is 1. The van der Waals surface area contributed by atoms with Crippen LogP contribution in [0, 0.1) is 0 Å². The molecule has 1 N–H and O–H groups in total. The van der Waals surface area contributed by atoms with Crippen molar-refractivity contribution < 1.29 is 9.53 Å². The highest BCUT2D eigenvalue weighted by Gasteiger charge is 2.06. The molecule has 1 aromatic heterocycles. The summed E-state index contributed by atoms with van der Waals surface area (Å²) in [5, 5.41) is 6.46. The molecule has 0 aliphatic rings. The van der Waals surface area contributed by atoms with Crippen LogP contribution in [-0.2, 0) is 16.0 Å². The minimum atomic E-state index is -0.629. The minimum Gasteiger partial charge on any atom is -0.448 e. The van der Waals surface area contributed by atoms with E-state index in [-0.39, 0.29) is 0 Å². The van der Waals surface area contributed by atoms with Gasteiger partial charge in [-0.05, 0) is 6.07 Å². The molecule has 0 spiro atoms. The molecular formula is C6H7ClN2O2. The zero-order valence-electron chi connectivity index (χ0n) is 5.66. The summed E-state index contributed by atoms with van der Waals surface area (Å²) in [4.78, 5) is 9.81. The third-order valence-corrected chi connectivity index (χ3v) is 1.39. The molecule has 1 aromatic rings. The van der Waals surface area contributed by atoms with E-state index < -0.39 is 5.56 Å². The zero-order valence-corrected chi connectivity index (χ0v) is 6.41. The standard InChI is InChI=1S/C6H7ClN2O2/c7-6(11-4-10)3-5-1-2-8-9-5/h1-2,4,6H,3H2,(H,8,9). The van der Waals surface area contributed by atoms with E-state index in [4.69, 9.17) is 11.6 Å². The summed E-state index contributed by atoms with van der Waals surface area (Å²) in [5.74, 6) is 0. The van der Waals surface area contributed by atoms with Crippen LogP contribution in [0.3, 0.4) is 0 Å². The van der Waals surface area contributed by atoms with Crippen LogP contribution in [0.5, 0.6) is 0 Å². The Morgan fingerprint density at radius 1 is 1.91 bits per heavy atom. The first kappa shape index (κ1) is 8.07. The van der Waals surface area contributed by atoms with Crippen LogP contribution in [-0.4, -0.2) is 22.2 Å². The van der Waals surface area contributed by atoms with Gasteiger partial charge in [-0.15, -0.1) is 0 Å². The number of hydrogen-bond acceptors (Lipinski definition) is 3. The number of carbonyl (C=O) groups is 1. The average molecular weight is 175 g/mol. The number of aromatic amines is 1. The summed E-state index contributed by atoms with van der Waals surface area (Å²) in [6.45, 7) is 0.324. The number of H-pyrrole nitrogens is 1. The Labute approximate surface area is 68.5 Å². The molecule has 4 nitrogen and oxygen atoms in total. The van der Waals surface area contributed by atoms with E-state index in [9.17, 15) is 4.79 Å². The van der Waals surface area contributed by atoms with Crippen molar-refractivity contribution in [1.82, 2.24) is 10.2 Å². The van der Waals surface area contributed by atoms with Gasteiger partial charge in [0.2, 0.25) is 0 Å². The second-order valence-corrected chi connectivity index (χ2v) is 2.40. The third-order valence-electron chi connectivity index (χ3n) is 1.13. The quantitative estimate of drug-likeness (QED) is 0.540. The van der Waals surface area contributed by atoms with E-state index in [1.165, 1.54) is 0 Å². The molecule has 1 atom stereocenters. The van der Waals surface area contributed by atoms with Gasteiger partial charge in [-0.3, -0.25) is 9.89 Å². The van der Waals surface area contributed by atoms with Crippen molar-refractivity contribution in [3.63, 3.8) is 0 Å². The lowest BCUT2D eigenvalue weighted by molar-refractivity contribution is -0.130. The Morgan fingerprint density at radius 3 is 3.27 bits per heavy atom. The SMILES string of the molecule is O=COC(Cl)Cc1cc[nH]n1. The predicted octanol–water partition coefficient (Wildman–Crippen LogP) is 0.690. The van der Waals surface area contributed by atoms with Gasteiger partial charge in [-0.1, -0.05) is 11.6 Å². The fourth-order valence-electron chi connectivity index (χ4n) is 0.677. The largest absolute Gasteiger partial charge is 0.448 e. The van der Waals surface area contributed by atoms with Gasteiger partial charge in [0.05, 0.1) is 5.69 Å². The Balaban J connectivity index is 2.37. The highest BCUT2D eigenvalue weighted by atomic mass is 35.5. The second kappa shape index (κ2) is 3.98. The first-order valence-corrected chi connectivity index (χ1v) is 3.48. The van der Waals surface area contributed by atoms with Crippen molar-refractivity contribution in [2.75, 3.05) is 0 Å². The summed E-state index contributed by atoms with van der Waals surface area (Å²) in [5.41, 5.74) is 0.141. The molecular weight excluding hydrogens is 168 g/mol. The molecule has 0 aromatic carbocycles. The lowest BCUT2D eigenvalue weighted by atomic mass is 10.3. The van der Waals surface area contributed by atoms with Crippen LogP contribution in [0.25, 0.3) is 0 Å². The molecule has 0 saturated heterocycles. The molecule has 0 aliphatic carbocycles. The lowest BCUT2D eigenvalue weighted by Gasteiger charge is -2.02. The smallest absolute Gasteiger partial charge is 0.294 e. The molecule has 5 heteroatoms. The van der Waals surface area contributed by atoms with Crippen LogP contribution in [0.2, 0.25) is 0 Å². The van der Waals surface area contributed by atoms with E-state index in [2.05, 4.69) is 14.9 Å². The average Bonchev–Trinajstić information content (AvgIpc) is 2.40. The number of alkyl halides is 1. The Kier molecular flexibility index (Phi) is 2.92. The number of nitrogens with zero attached hydrogens (tertiary/aromatic N) is 1. The maximum Gasteiger partial charge on any atom is 0.294 e. The van der Waals surface area contributed by atoms with Gasteiger partial charge in [-0.25, -0.2) is 0 Å². The Morgan fingerprint density at radius 2 is 2.73 bits per heavy atom. The van der Waals surface area contributed by atoms with Crippen LogP contribution in [0.1, 0.15) is 5.69 Å². The number of aromatic nitrogens is 2. The maximum absolute atomic E-state index is 9.81. The normalized spacial score (nSPS) is 12.5. The Hall–Kier alpha value is -1.03. The fourth-order valence-corrected chi connectivity index (χ4v) is 0.878. The number of rotatable bonds is 4. The van der Waals surface area contributed by atoms with Gasteiger partial charge < -0.3 is 4.74 Å². The molecule has 1 heterocycles.